The van der Waals surface area contributed by atoms with Gasteiger partial charge in [-0.1, -0.05) is 6.42 Å². The molecule has 0 unspecified atom stereocenters. The monoisotopic (exact) mass is 415 g/mol. The minimum atomic E-state index is -3.48. The molecule has 0 atom stereocenters. The van der Waals surface area contributed by atoms with E-state index in [1.807, 2.05) is 19.0 Å². The van der Waals surface area contributed by atoms with Gasteiger partial charge in [-0.3, -0.25) is 4.79 Å². The summed E-state index contributed by atoms with van der Waals surface area (Å²) in [6.45, 7) is 1.65. The first-order valence-electron chi connectivity index (χ1n) is 9.84. The van der Waals surface area contributed by atoms with Crippen molar-refractivity contribution in [3.63, 3.8) is 0 Å². The molecule has 0 bridgehead atoms. The topological polar surface area (TPSA) is 86.7 Å². The lowest BCUT2D eigenvalue weighted by molar-refractivity contribution is 0.0983. The number of nitrogens with zero attached hydrogens (tertiary/aromatic N) is 5. The fourth-order valence-electron chi connectivity index (χ4n) is 3.82. The molecule has 0 aliphatic carbocycles. The van der Waals surface area contributed by atoms with Crippen LogP contribution in [0.25, 0.3) is 0 Å². The third-order valence-corrected chi connectivity index (χ3v) is 7.37. The lowest BCUT2D eigenvalue weighted by Gasteiger charge is -2.26. The third kappa shape index (κ3) is 3.72. The van der Waals surface area contributed by atoms with E-state index in [0.29, 0.717) is 36.8 Å². The van der Waals surface area contributed by atoms with E-state index in [9.17, 15) is 13.2 Å². The summed E-state index contributed by atoms with van der Waals surface area (Å²) < 4.78 is 27.4. The average molecular weight is 416 g/mol. The molecule has 1 saturated heterocycles. The summed E-state index contributed by atoms with van der Waals surface area (Å²) in [5.74, 6) is 0.448. The van der Waals surface area contributed by atoms with Gasteiger partial charge in [-0.15, -0.1) is 10.2 Å². The minimum Gasteiger partial charge on any atom is -0.361 e. The normalized spacial score (nSPS) is 17.2. The quantitative estimate of drug-likeness (QED) is 0.758. The second-order valence-electron chi connectivity index (χ2n) is 7.63. The van der Waals surface area contributed by atoms with Crippen LogP contribution in [-0.4, -0.2) is 62.6 Å². The van der Waals surface area contributed by atoms with Crippen LogP contribution in [0.3, 0.4) is 0 Å². The Kier molecular flexibility index (Phi) is 5.26. The summed E-state index contributed by atoms with van der Waals surface area (Å²) in [7, 11) is 0.234. The van der Waals surface area contributed by atoms with E-state index in [2.05, 4.69) is 10.2 Å². The zero-order valence-corrected chi connectivity index (χ0v) is 17.5. The second-order valence-corrected chi connectivity index (χ2v) is 9.57. The number of amides is 1. The molecule has 154 valence electrons. The van der Waals surface area contributed by atoms with Crippen LogP contribution in [0.15, 0.2) is 35.2 Å². The fourth-order valence-corrected chi connectivity index (χ4v) is 5.39. The molecule has 3 heterocycles. The Balaban J connectivity index is 1.57. The first-order valence-corrected chi connectivity index (χ1v) is 11.3. The van der Waals surface area contributed by atoms with Crippen LogP contribution < -0.4 is 9.80 Å². The maximum Gasteiger partial charge on any atom is 0.278 e. The van der Waals surface area contributed by atoms with Crippen molar-refractivity contribution in [1.29, 1.82) is 0 Å². The van der Waals surface area contributed by atoms with Crippen molar-refractivity contribution in [2.24, 2.45) is 0 Å². The summed E-state index contributed by atoms with van der Waals surface area (Å²) in [5, 5.41) is 8.12. The first-order chi connectivity index (χ1) is 13.9. The molecule has 1 aromatic heterocycles. The zero-order chi connectivity index (χ0) is 20.6. The Morgan fingerprint density at radius 3 is 2.41 bits per heavy atom. The van der Waals surface area contributed by atoms with E-state index in [1.165, 1.54) is 0 Å². The molecule has 0 spiro atoms. The molecule has 2 aliphatic heterocycles. The van der Waals surface area contributed by atoms with Crippen molar-refractivity contribution >= 4 is 27.4 Å². The number of carbonyl (C=O) groups excluding carboxylic acids is 1. The lowest BCUT2D eigenvalue weighted by Crippen LogP contribution is -2.35. The predicted octanol–water partition coefficient (Wildman–Crippen LogP) is 1.92. The number of carbonyl (C=O) groups is 1. The summed E-state index contributed by atoms with van der Waals surface area (Å²) in [5.41, 5.74) is 1.88. The summed E-state index contributed by atoms with van der Waals surface area (Å²) >= 11 is 0. The van der Waals surface area contributed by atoms with Crippen molar-refractivity contribution in [3.05, 3.63) is 41.6 Å². The SMILES string of the molecule is CN(C)c1ccc(C(=O)N2CCc3cc(S(=O)(=O)N4CCCCC4)ccc32)nn1. The molecule has 2 aliphatic rings. The molecule has 4 rings (SSSR count). The number of anilines is 2. The van der Waals surface area contributed by atoms with E-state index in [0.717, 1.165) is 30.5 Å². The van der Waals surface area contributed by atoms with E-state index in [4.69, 9.17) is 0 Å². The molecule has 9 heteroatoms. The van der Waals surface area contributed by atoms with E-state index in [1.54, 1.807) is 39.5 Å². The number of hydrogen-bond donors (Lipinski definition) is 0. The van der Waals surface area contributed by atoms with E-state index in [-0.39, 0.29) is 11.6 Å². The van der Waals surface area contributed by atoms with Crippen LogP contribution >= 0.6 is 0 Å². The molecule has 0 N–H and O–H groups in total. The minimum absolute atomic E-state index is 0.229. The largest absolute Gasteiger partial charge is 0.361 e. The molecule has 1 fully saturated rings. The predicted molar refractivity (Wildman–Crippen MR) is 111 cm³/mol. The van der Waals surface area contributed by atoms with Gasteiger partial charge >= 0.3 is 0 Å². The van der Waals surface area contributed by atoms with Gasteiger partial charge in [0.1, 0.15) is 0 Å². The summed E-state index contributed by atoms with van der Waals surface area (Å²) in [6, 6.07) is 8.48. The second kappa shape index (κ2) is 7.72. The number of hydrogen-bond acceptors (Lipinski definition) is 6. The van der Waals surface area contributed by atoms with Crippen molar-refractivity contribution in [2.75, 3.05) is 43.5 Å². The van der Waals surface area contributed by atoms with Gasteiger partial charge in [0.05, 0.1) is 4.90 Å². The van der Waals surface area contributed by atoms with E-state index < -0.39 is 10.0 Å². The number of fused-ring (bicyclic) bond motifs is 1. The van der Waals surface area contributed by atoms with Crippen LogP contribution in [0, 0.1) is 0 Å². The highest BCUT2D eigenvalue weighted by Crippen LogP contribution is 2.32. The van der Waals surface area contributed by atoms with Crippen LogP contribution in [0.4, 0.5) is 11.5 Å². The molecule has 1 aromatic carbocycles. The van der Waals surface area contributed by atoms with Crippen molar-refractivity contribution in [2.45, 2.75) is 30.6 Å². The first kappa shape index (κ1) is 19.8. The molecule has 2 aromatic rings. The molecule has 8 nitrogen and oxygen atoms in total. The Morgan fingerprint density at radius 2 is 1.76 bits per heavy atom. The van der Waals surface area contributed by atoms with Gasteiger partial charge in [0.15, 0.2) is 11.5 Å². The highest BCUT2D eigenvalue weighted by atomic mass is 32.2. The van der Waals surface area contributed by atoms with Gasteiger partial charge < -0.3 is 9.80 Å². The van der Waals surface area contributed by atoms with Crippen molar-refractivity contribution in [1.82, 2.24) is 14.5 Å². The highest BCUT2D eigenvalue weighted by Gasteiger charge is 2.30. The maximum atomic E-state index is 12.9. The smallest absolute Gasteiger partial charge is 0.278 e. The fraction of sp³-hybridized carbons (Fsp3) is 0.450. The van der Waals surface area contributed by atoms with E-state index >= 15 is 0 Å². The van der Waals surface area contributed by atoms with Crippen molar-refractivity contribution in [3.8, 4) is 0 Å². The zero-order valence-electron chi connectivity index (χ0n) is 16.7. The molecular formula is C20H25N5O3S. The molecule has 29 heavy (non-hydrogen) atoms. The number of aromatic nitrogens is 2. The van der Waals surface area contributed by atoms with Crippen LogP contribution in [-0.2, 0) is 16.4 Å². The summed E-state index contributed by atoms with van der Waals surface area (Å²) in [6.07, 6.45) is 3.50. The highest BCUT2D eigenvalue weighted by molar-refractivity contribution is 7.89. The van der Waals surface area contributed by atoms with Crippen molar-refractivity contribution < 1.29 is 13.2 Å². The molecule has 1 amide bonds. The van der Waals surface area contributed by atoms with Gasteiger partial charge in [-0.25, -0.2) is 8.42 Å². The van der Waals surface area contributed by atoms with Crippen LogP contribution in [0.5, 0.6) is 0 Å². The molecular weight excluding hydrogens is 390 g/mol. The van der Waals surface area contributed by atoms with Gasteiger partial charge in [-0.05, 0) is 55.2 Å². The standard InChI is InChI=1S/C20H25N5O3S/c1-23(2)19-9-7-17(21-22-19)20(26)25-13-10-15-14-16(6-8-18(15)25)29(27,28)24-11-4-3-5-12-24/h6-9,14H,3-5,10-13H2,1-2H3. The average Bonchev–Trinajstić information content (AvgIpc) is 3.17. The number of rotatable bonds is 4. The van der Waals surface area contributed by atoms with Gasteiger partial charge in [-0.2, -0.15) is 4.31 Å². The maximum absolute atomic E-state index is 12.9. The number of benzene rings is 1. The van der Waals surface area contributed by atoms with Gasteiger partial charge in [0.2, 0.25) is 10.0 Å². The van der Waals surface area contributed by atoms with Gasteiger partial charge in [0, 0.05) is 39.4 Å². The molecule has 0 radical (unpaired) electrons. The lowest BCUT2D eigenvalue weighted by atomic mass is 10.2. The Bertz CT molecular complexity index is 1010. The number of sulfonamides is 1. The van der Waals surface area contributed by atoms with Gasteiger partial charge in [0.25, 0.3) is 5.91 Å². The van der Waals surface area contributed by atoms with Crippen LogP contribution in [0.2, 0.25) is 0 Å². The third-order valence-electron chi connectivity index (χ3n) is 5.47. The van der Waals surface area contributed by atoms with Crippen LogP contribution in [0.1, 0.15) is 35.3 Å². The molecule has 0 saturated carbocycles. The summed E-state index contributed by atoms with van der Waals surface area (Å²) in [4.78, 5) is 16.7. The Morgan fingerprint density at radius 1 is 1.00 bits per heavy atom. The number of piperidine rings is 1. The Hall–Kier alpha value is -2.52. The Labute approximate surface area is 171 Å².